The van der Waals surface area contributed by atoms with E-state index in [1.165, 1.54) is 4.90 Å². The molecule has 1 aromatic carbocycles. The molecule has 1 aliphatic carbocycles. The largest absolute Gasteiger partial charge is 0.465 e. The van der Waals surface area contributed by atoms with Gasteiger partial charge in [0.2, 0.25) is 11.8 Å². The number of rotatable bonds is 4. The molecule has 2 saturated heterocycles. The maximum absolute atomic E-state index is 13.4. The number of aryl methyl sites for hydroxylation is 1. The lowest BCUT2D eigenvalue weighted by molar-refractivity contribution is -0.142. The summed E-state index contributed by atoms with van der Waals surface area (Å²) in [6.45, 7) is 6.03. The van der Waals surface area contributed by atoms with Crippen molar-refractivity contribution < 1.29 is 19.5 Å². The maximum Gasteiger partial charge on any atom is 0.407 e. The van der Waals surface area contributed by atoms with E-state index in [0.717, 1.165) is 24.0 Å². The highest BCUT2D eigenvalue weighted by molar-refractivity contribution is 6.31. The lowest BCUT2D eigenvalue weighted by Crippen LogP contribution is -2.46. The topological polar surface area (TPSA) is 81.2 Å². The molecule has 2 aliphatic heterocycles. The molecule has 174 valence electrons. The van der Waals surface area contributed by atoms with Gasteiger partial charge in [0.05, 0.1) is 6.04 Å². The zero-order valence-corrected chi connectivity index (χ0v) is 19.8. The first kappa shape index (κ1) is 22.9. The highest BCUT2D eigenvalue weighted by atomic mass is 35.5. The first-order valence-corrected chi connectivity index (χ1v) is 11.8. The van der Waals surface area contributed by atoms with E-state index in [1.54, 1.807) is 7.05 Å². The summed E-state index contributed by atoms with van der Waals surface area (Å²) in [5.74, 6) is 0.0418. The van der Waals surface area contributed by atoms with Crippen LogP contribution in [-0.4, -0.2) is 77.0 Å². The van der Waals surface area contributed by atoms with Crippen LogP contribution in [0.2, 0.25) is 5.02 Å². The molecule has 32 heavy (non-hydrogen) atoms. The van der Waals surface area contributed by atoms with Crippen molar-refractivity contribution in [2.45, 2.75) is 51.5 Å². The predicted molar refractivity (Wildman–Crippen MR) is 122 cm³/mol. The van der Waals surface area contributed by atoms with E-state index in [-0.39, 0.29) is 35.1 Å². The maximum atomic E-state index is 13.4. The van der Waals surface area contributed by atoms with E-state index >= 15 is 0 Å². The fourth-order valence-corrected chi connectivity index (χ4v) is 5.23. The Kier molecular flexibility index (Phi) is 6.14. The zero-order chi connectivity index (χ0) is 23.2. The van der Waals surface area contributed by atoms with Crippen molar-refractivity contribution in [3.8, 4) is 0 Å². The Morgan fingerprint density at radius 3 is 2.34 bits per heavy atom. The van der Waals surface area contributed by atoms with Gasteiger partial charge in [-0.25, -0.2) is 4.79 Å². The van der Waals surface area contributed by atoms with Gasteiger partial charge in [-0.15, -0.1) is 0 Å². The molecule has 3 aliphatic rings. The van der Waals surface area contributed by atoms with Crippen LogP contribution in [0.5, 0.6) is 0 Å². The number of halogens is 1. The Labute approximate surface area is 194 Å². The molecule has 1 saturated carbocycles. The minimum absolute atomic E-state index is 0.0687. The Morgan fingerprint density at radius 2 is 1.78 bits per heavy atom. The summed E-state index contributed by atoms with van der Waals surface area (Å²) in [5, 5.41) is 10.2. The Balaban J connectivity index is 1.45. The molecule has 3 amide bonds. The number of carbonyl (C=O) groups is 3. The van der Waals surface area contributed by atoms with Crippen molar-refractivity contribution in [3.63, 3.8) is 0 Å². The summed E-state index contributed by atoms with van der Waals surface area (Å²) in [5.41, 5.74) is 1.74. The van der Waals surface area contributed by atoms with Gasteiger partial charge in [-0.05, 0) is 49.8 Å². The van der Waals surface area contributed by atoms with Crippen LogP contribution in [0.25, 0.3) is 0 Å². The van der Waals surface area contributed by atoms with Crippen LogP contribution in [0.4, 0.5) is 4.79 Å². The third kappa shape index (κ3) is 4.32. The van der Waals surface area contributed by atoms with Crippen molar-refractivity contribution in [3.05, 3.63) is 34.3 Å². The lowest BCUT2D eigenvalue weighted by Gasteiger charge is -2.34. The predicted octanol–water partition coefficient (Wildman–Crippen LogP) is 3.59. The molecule has 0 bridgehead atoms. The third-order valence-corrected chi connectivity index (χ3v) is 8.08. The Hall–Kier alpha value is -2.28. The number of carbonyl (C=O) groups excluding carboxylic acids is 2. The van der Waals surface area contributed by atoms with Gasteiger partial charge in [-0.2, -0.15) is 0 Å². The number of hydrogen-bond acceptors (Lipinski definition) is 3. The van der Waals surface area contributed by atoms with Gasteiger partial charge < -0.3 is 19.8 Å². The molecule has 4 rings (SSSR count). The van der Waals surface area contributed by atoms with Crippen LogP contribution in [-0.2, 0) is 9.59 Å². The number of piperidine rings is 1. The first-order chi connectivity index (χ1) is 15.1. The fraction of sp³-hybridized carbons (Fsp3) is 0.625. The monoisotopic (exact) mass is 461 g/mol. The van der Waals surface area contributed by atoms with Crippen molar-refractivity contribution in [1.82, 2.24) is 14.7 Å². The highest BCUT2D eigenvalue weighted by Crippen LogP contribution is 2.47. The molecule has 0 spiro atoms. The number of likely N-dealkylation sites (N-methyl/N-ethyl adjacent to an activating group) is 1. The quantitative estimate of drug-likeness (QED) is 0.742. The van der Waals surface area contributed by atoms with Crippen LogP contribution in [0.15, 0.2) is 18.2 Å². The van der Waals surface area contributed by atoms with E-state index in [4.69, 9.17) is 11.6 Å². The molecular weight excluding hydrogens is 430 g/mol. The van der Waals surface area contributed by atoms with Crippen LogP contribution < -0.4 is 0 Å². The van der Waals surface area contributed by atoms with Crippen LogP contribution in [0, 0.1) is 18.3 Å². The first-order valence-electron chi connectivity index (χ1n) is 11.4. The molecule has 2 heterocycles. The fourth-order valence-electron chi connectivity index (χ4n) is 5.04. The molecular formula is C24H32ClN3O4. The second kappa shape index (κ2) is 8.58. The summed E-state index contributed by atoms with van der Waals surface area (Å²) in [6.07, 6.45) is 2.24. The molecule has 7 nitrogen and oxygen atoms in total. The summed E-state index contributed by atoms with van der Waals surface area (Å²) >= 11 is 6.34. The normalized spacial score (nSPS) is 25.0. The molecule has 3 fully saturated rings. The highest BCUT2D eigenvalue weighted by Gasteiger charge is 2.48. The van der Waals surface area contributed by atoms with E-state index in [1.807, 2.05) is 41.8 Å². The third-order valence-electron chi connectivity index (χ3n) is 7.67. The van der Waals surface area contributed by atoms with Gasteiger partial charge in [0.25, 0.3) is 0 Å². The van der Waals surface area contributed by atoms with Crippen molar-refractivity contribution in [2.75, 3.05) is 33.2 Å². The number of amides is 3. The summed E-state index contributed by atoms with van der Waals surface area (Å²) in [6, 6.07) is 5.48. The van der Waals surface area contributed by atoms with Gasteiger partial charge in [-0.3, -0.25) is 9.59 Å². The molecule has 1 N–H and O–H groups in total. The average molecular weight is 462 g/mol. The van der Waals surface area contributed by atoms with Gasteiger partial charge in [-0.1, -0.05) is 30.7 Å². The molecule has 0 radical (unpaired) electrons. The van der Waals surface area contributed by atoms with Crippen molar-refractivity contribution in [1.29, 1.82) is 0 Å². The van der Waals surface area contributed by atoms with Gasteiger partial charge in [0.15, 0.2) is 0 Å². The minimum Gasteiger partial charge on any atom is -0.465 e. The summed E-state index contributed by atoms with van der Waals surface area (Å²) in [7, 11) is 1.56. The van der Waals surface area contributed by atoms with Crippen LogP contribution >= 0.6 is 11.6 Å². The zero-order valence-electron chi connectivity index (χ0n) is 19.0. The molecule has 0 aromatic heterocycles. The second-order valence-corrected chi connectivity index (χ2v) is 10.4. The van der Waals surface area contributed by atoms with Gasteiger partial charge >= 0.3 is 6.09 Å². The number of benzene rings is 1. The number of carboxylic acid groups (broad SMARTS) is 1. The Bertz CT molecular complexity index is 924. The van der Waals surface area contributed by atoms with E-state index in [2.05, 4.69) is 0 Å². The van der Waals surface area contributed by atoms with Crippen molar-refractivity contribution >= 4 is 29.5 Å². The van der Waals surface area contributed by atoms with E-state index < -0.39 is 6.09 Å². The molecule has 1 aromatic rings. The average Bonchev–Trinajstić information content (AvgIpc) is 3.38. The smallest absolute Gasteiger partial charge is 0.407 e. The minimum atomic E-state index is -1.01. The second-order valence-electron chi connectivity index (χ2n) is 9.95. The van der Waals surface area contributed by atoms with Gasteiger partial charge in [0.1, 0.15) is 0 Å². The Morgan fingerprint density at radius 1 is 1.12 bits per heavy atom. The molecule has 8 heteroatoms. The molecule has 0 unspecified atom stereocenters. The van der Waals surface area contributed by atoms with Crippen LogP contribution in [0.1, 0.15) is 49.7 Å². The summed E-state index contributed by atoms with van der Waals surface area (Å²) in [4.78, 5) is 42.7. The lowest BCUT2D eigenvalue weighted by atomic mass is 9.92. The van der Waals surface area contributed by atoms with E-state index in [0.29, 0.717) is 44.0 Å². The van der Waals surface area contributed by atoms with Gasteiger partial charge in [0, 0.05) is 55.5 Å². The standard InChI is InChI=1S/C24H32ClN3O4/c1-15-4-5-17(12-19(15)25)18-13-28(14-20(18)26(3)23(31)32)21(29)16-6-10-27(11-7-16)22(30)24(2)8-9-24/h4-5,12,16,18,20H,6-11,13-14H2,1-3H3,(H,31,32)/t18-,20+/m1/s1. The van der Waals surface area contributed by atoms with Crippen molar-refractivity contribution in [2.24, 2.45) is 11.3 Å². The van der Waals surface area contributed by atoms with E-state index in [9.17, 15) is 19.5 Å². The number of nitrogens with zero attached hydrogens (tertiary/aromatic N) is 3. The molecule has 2 atom stereocenters. The number of likely N-dealkylation sites (tertiary alicyclic amines) is 2. The van der Waals surface area contributed by atoms with Crippen LogP contribution in [0.3, 0.4) is 0 Å². The number of hydrogen-bond donors (Lipinski definition) is 1. The SMILES string of the molecule is Cc1ccc([C@H]2CN(C(=O)C3CCN(C(=O)C4(C)CC4)CC3)C[C@@H]2N(C)C(=O)O)cc1Cl. The summed E-state index contributed by atoms with van der Waals surface area (Å²) < 4.78 is 0.